The molecule has 2 heterocycles. The summed E-state index contributed by atoms with van der Waals surface area (Å²) in [5, 5.41) is 14.2. The average molecular weight is 423 g/mol. The zero-order valence-electron chi connectivity index (χ0n) is 16.9. The first-order valence-electron chi connectivity index (χ1n) is 9.72. The summed E-state index contributed by atoms with van der Waals surface area (Å²) in [6.07, 6.45) is 0. The SMILES string of the molecule is COc1ccc(-c2ccc(C(=O)Nc3ccc(N4CCOCC4)cc3)o2)c([N+](=O)[O-])c1. The van der Waals surface area contributed by atoms with Crippen molar-refractivity contribution in [2.75, 3.05) is 43.6 Å². The molecular weight excluding hydrogens is 402 g/mol. The lowest BCUT2D eigenvalue weighted by molar-refractivity contribution is -0.384. The molecule has 2 aromatic carbocycles. The van der Waals surface area contributed by atoms with Crippen LogP contribution < -0.4 is 15.0 Å². The smallest absolute Gasteiger partial charge is 0.291 e. The van der Waals surface area contributed by atoms with Crippen molar-refractivity contribution in [1.82, 2.24) is 0 Å². The maximum Gasteiger partial charge on any atom is 0.291 e. The Balaban J connectivity index is 1.48. The Labute approximate surface area is 178 Å². The topological polar surface area (TPSA) is 107 Å². The van der Waals surface area contributed by atoms with E-state index in [1.54, 1.807) is 6.07 Å². The molecule has 31 heavy (non-hydrogen) atoms. The number of anilines is 2. The van der Waals surface area contributed by atoms with Crippen LogP contribution in [0.4, 0.5) is 17.1 Å². The Morgan fingerprint density at radius 1 is 1.10 bits per heavy atom. The van der Waals surface area contributed by atoms with E-state index in [2.05, 4.69) is 10.2 Å². The van der Waals surface area contributed by atoms with Crippen molar-refractivity contribution in [3.8, 4) is 17.1 Å². The Kier molecular flexibility index (Phi) is 5.85. The summed E-state index contributed by atoms with van der Waals surface area (Å²) in [7, 11) is 1.43. The number of benzene rings is 2. The van der Waals surface area contributed by atoms with Crippen LogP contribution in [0, 0.1) is 10.1 Å². The number of hydrogen-bond donors (Lipinski definition) is 1. The molecule has 3 aromatic rings. The molecule has 9 nitrogen and oxygen atoms in total. The second-order valence-corrected chi connectivity index (χ2v) is 6.90. The van der Waals surface area contributed by atoms with Gasteiger partial charge in [-0.1, -0.05) is 0 Å². The number of ether oxygens (including phenoxy) is 2. The number of morpholine rings is 1. The van der Waals surface area contributed by atoms with Gasteiger partial charge in [-0.2, -0.15) is 0 Å². The van der Waals surface area contributed by atoms with Crippen molar-refractivity contribution in [1.29, 1.82) is 0 Å². The van der Waals surface area contributed by atoms with Crippen LogP contribution in [-0.2, 0) is 4.74 Å². The van der Waals surface area contributed by atoms with Gasteiger partial charge in [0.05, 0.1) is 36.9 Å². The highest BCUT2D eigenvalue weighted by molar-refractivity contribution is 6.02. The van der Waals surface area contributed by atoms with Crippen LogP contribution in [0.2, 0.25) is 0 Å². The fraction of sp³-hybridized carbons (Fsp3) is 0.227. The van der Waals surface area contributed by atoms with Gasteiger partial charge in [0.15, 0.2) is 5.76 Å². The molecule has 160 valence electrons. The zero-order valence-corrected chi connectivity index (χ0v) is 16.9. The van der Waals surface area contributed by atoms with Gasteiger partial charge in [0.25, 0.3) is 11.6 Å². The first-order chi connectivity index (χ1) is 15.0. The fourth-order valence-corrected chi connectivity index (χ4v) is 3.37. The standard InChI is InChI=1S/C22H21N3O6/c1-29-17-6-7-18(19(14-17)25(27)28)20-8-9-21(31-20)22(26)23-15-2-4-16(5-3-15)24-10-12-30-13-11-24/h2-9,14H,10-13H2,1H3,(H,23,26). The number of carbonyl (C=O) groups excluding carboxylic acids is 1. The van der Waals surface area contributed by atoms with Crippen LogP contribution in [0.3, 0.4) is 0 Å². The minimum absolute atomic E-state index is 0.0531. The predicted molar refractivity (Wildman–Crippen MR) is 115 cm³/mol. The second kappa shape index (κ2) is 8.88. The van der Waals surface area contributed by atoms with E-state index in [1.165, 1.54) is 31.4 Å². The first-order valence-corrected chi connectivity index (χ1v) is 9.72. The van der Waals surface area contributed by atoms with Crippen LogP contribution in [0.25, 0.3) is 11.3 Å². The van der Waals surface area contributed by atoms with Gasteiger partial charge in [-0.15, -0.1) is 0 Å². The van der Waals surface area contributed by atoms with Crippen LogP contribution >= 0.6 is 0 Å². The number of amides is 1. The van der Waals surface area contributed by atoms with Gasteiger partial charge in [-0.05, 0) is 48.5 Å². The number of nitrogens with one attached hydrogen (secondary N) is 1. The Morgan fingerprint density at radius 2 is 1.84 bits per heavy atom. The highest BCUT2D eigenvalue weighted by Gasteiger charge is 2.21. The third-order valence-corrected chi connectivity index (χ3v) is 5.00. The van der Waals surface area contributed by atoms with Crippen LogP contribution in [0.1, 0.15) is 10.6 Å². The van der Waals surface area contributed by atoms with Gasteiger partial charge in [-0.3, -0.25) is 14.9 Å². The summed E-state index contributed by atoms with van der Waals surface area (Å²) in [5.41, 5.74) is 1.78. The number of nitrogens with zero attached hydrogens (tertiary/aromatic N) is 2. The quantitative estimate of drug-likeness (QED) is 0.472. The van der Waals surface area contributed by atoms with Gasteiger partial charge in [0.1, 0.15) is 11.5 Å². The lowest BCUT2D eigenvalue weighted by Gasteiger charge is -2.28. The summed E-state index contributed by atoms with van der Waals surface area (Å²) in [6.45, 7) is 3.06. The van der Waals surface area contributed by atoms with E-state index < -0.39 is 10.8 Å². The lowest BCUT2D eigenvalue weighted by Crippen LogP contribution is -2.36. The molecule has 0 saturated carbocycles. The maximum atomic E-state index is 12.6. The largest absolute Gasteiger partial charge is 0.497 e. The van der Waals surface area contributed by atoms with Crippen LogP contribution in [-0.4, -0.2) is 44.2 Å². The first kappa shape index (κ1) is 20.4. The molecule has 1 N–H and O–H groups in total. The molecule has 0 bridgehead atoms. The summed E-state index contributed by atoms with van der Waals surface area (Å²) >= 11 is 0. The van der Waals surface area contributed by atoms with Gasteiger partial charge >= 0.3 is 0 Å². The minimum atomic E-state index is -0.518. The summed E-state index contributed by atoms with van der Waals surface area (Å²) in [4.78, 5) is 25.7. The van der Waals surface area contributed by atoms with Crippen molar-refractivity contribution < 1.29 is 23.6 Å². The average Bonchev–Trinajstić information content (AvgIpc) is 3.30. The lowest BCUT2D eigenvalue weighted by atomic mass is 10.1. The van der Waals surface area contributed by atoms with E-state index in [0.717, 1.165) is 18.8 Å². The fourth-order valence-electron chi connectivity index (χ4n) is 3.37. The molecule has 1 amide bonds. The molecule has 0 spiro atoms. The van der Waals surface area contributed by atoms with E-state index in [-0.39, 0.29) is 22.8 Å². The molecule has 0 atom stereocenters. The summed E-state index contributed by atoms with van der Waals surface area (Å²) in [5.74, 6) is 0.196. The van der Waals surface area contributed by atoms with E-state index >= 15 is 0 Å². The molecule has 1 aromatic heterocycles. The Hall–Kier alpha value is -3.85. The van der Waals surface area contributed by atoms with Crippen LogP contribution in [0.5, 0.6) is 5.75 Å². The van der Waals surface area contributed by atoms with Crippen molar-refractivity contribution in [2.45, 2.75) is 0 Å². The van der Waals surface area contributed by atoms with Crippen molar-refractivity contribution >= 4 is 23.0 Å². The normalized spacial score (nSPS) is 13.6. The molecular formula is C22H21N3O6. The van der Waals surface area contributed by atoms with Gasteiger partial charge in [0.2, 0.25) is 0 Å². The van der Waals surface area contributed by atoms with E-state index in [4.69, 9.17) is 13.9 Å². The molecule has 1 aliphatic rings. The Morgan fingerprint density at radius 3 is 2.52 bits per heavy atom. The number of nitro benzene ring substituents is 1. The van der Waals surface area contributed by atoms with Gasteiger partial charge in [0, 0.05) is 24.5 Å². The highest BCUT2D eigenvalue weighted by atomic mass is 16.6. The highest BCUT2D eigenvalue weighted by Crippen LogP contribution is 2.34. The number of nitro groups is 1. The van der Waals surface area contributed by atoms with Crippen molar-refractivity contribution in [3.05, 3.63) is 70.5 Å². The number of furan rings is 1. The second-order valence-electron chi connectivity index (χ2n) is 6.90. The van der Waals surface area contributed by atoms with Gasteiger partial charge < -0.3 is 24.1 Å². The molecule has 0 unspecified atom stereocenters. The summed E-state index contributed by atoms with van der Waals surface area (Å²) < 4.78 is 16.0. The molecule has 0 radical (unpaired) electrons. The summed E-state index contributed by atoms with van der Waals surface area (Å²) in [6, 6.07) is 15.0. The monoisotopic (exact) mass is 423 g/mol. The minimum Gasteiger partial charge on any atom is -0.497 e. The van der Waals surface area contributed by atoms with Crippen LogP contribution in [0.15, 0.2) is 59.0 Å². The number of carbonyl (C=O) groups is 1. The maximum absolute atomic E-state index is 12.6. The molecule has 1 aliphatic heterocycles. The molecule has 0 aliphatic carbocycles. The molecule has 9 heteroatoms. The number of hydrogen-bond acceptors (Lipinski definition) is 7. The third-order valence-electron chi connectivity index (χ3n) is 5.00. The number of methoxy groups -OCH3 is 1. The predicted octanol–water partition coefficient (Wildman–Crippen LogP) is 3.95. The van der Waals surface area contributed by atoms with E-state index in [9.17, 15) is 14.9 Å². The van der Waals surface area contributed by atoms with E-state index in [0.29, 0.717) is 24.7 Å². The van der Waals surface area contributed by atoms with Crippen molar-refractivity contribution in [3.63, 3.8) is 0 Å². The van der Waals surface area contributed by atoms with E-state index in [1.807, 2.05) is 24.3 Å². The zero-order chi connectivity index (χ0) is 21.8. The molecule has 1 saturated heterocycles. The molecule has 4 rings (SSSR count). The molecule has 1 fully saturated rings. The number of rotatable bonds is 6. The third kappa shape index (κ3) is 4.51. The Bertz CT molecular complexity index is 1090. The van der Waals surface area contributed by atoms with Gasteiger partial charge in [-0.25, -0.2) is 0 Å². The van der Waals surface area contributed by atoms with Crippen molar-refractivity contribution in [2.24, 2.45) is 0 Å².